The van der Waals surface area contributed by atoms with Crippen molar-refractivity contribution >= 4 is 34.1 Å². The van der Waals surface area contributed by atoms with Crippen LogP contribution in [0, 0.1) is 0 Å². The Balaban J connectivity index is 2.48. The lowest BCUT2D eigenvalue weighted by molar-refractivity contribution is 0.899. The lowest BCUT2D eigenvalue weighted by Gasteiger charge is -1.98. The van der Waals surface area contributed by atoms with Gasteiger partial charge in [0.2, 0.25) is 0 Å². The van der Waals surface area contributed by atoms with Gasteiger partial charge >= 0.3 is 0 Å². The van der Waals surface area contributed by atoms with Gasteiger partial charge in [0.15, 0.2) is 0 Å². The van der Waals surface area contributed by atoms with Gasteiger partial charge in [-0.05, 0) is 37.0 Å². The van der Waals surface area contributed by atoms with Crippen molar-refractivity contribution in [3.8, 4) is 0 Å². The molecule has 2 aromatic rings. The zero-order valence-electron chi connectivity index (χ0n) is 7.53. The predicted molar refractivity (Wildman–Crippen MR) is 60.3 cm³/mol. The Morgan fingerprint density at radius 1 is 1.07 bits per heavy atom. The number of fused-ring (bicyclic) bond motifs is 3. The predicted octanol–water partition coefficient (Wildman–Crippen LogP) is 3.96. The van der Waals surface area contributed by atoms with Gasteiger partial charge in [-0.3, -0.25) is 0 Å². The first-order chi connectivity index (χ1) is 6.77. The standard InChI is InChI=1S/C11H9Cl2N/c12-7-4-5-8(13)11-10(7)6-2-1-3-9(6)14-11/h4-5,14H,1-3H2. The van der Waals surface area contributed by atoms with Crippen LogP contribution in [0.2, 0.25) is 10.0 Å². The normalized spacial score (nSPS) is 15.0. The van der Waals surface area contributed by atoms with E-state index in [-0.39, 0.29) is 0 Å². The van der Waals surface area contributed by atoms with Crippen LogP contribution in [0.3, 0.4) is 0 Å². The molecule has 3 heteroatoms. The van der Waals surface area contributed by atoms with Gasteiger partial charge in [-0.25, -0.2) is 0 Å². The molecule has 72 valence electrons. The molecule has 0 spiro atoms. The summed E-state index contributed by atoms with van der Waals surface area (Å²) in [5, 5.41) is 2.70. The van der Waals surface area contributed by atoms with Crippen LogP contribution < -0.4 is 0 Å². The highest BCUT2D eigenvalue weighted by molar-refractivity contribution is 6.40. The molecule has 1 heterocycles. The zero-order chi connectivity index (χ0) is 9.71. The summed E-state index contributed by atoms with van der Waals surface area (Å²) >= 11 is 12.3. The van der Waals surface area contributed by atoms with Crippen molar-refractivity contribution in [3.05, 3.63) is 33.4 Å². The van der Waals surface area contributed by atoms with E-state index >= 15 is 0 Å². The maximum absolute atomic E-state index is 6.18. The molecule has 0 amide bonds. The number of aromatic nitrogens is 1. The van der Waals surface area contributed by atoms with E-state index in [0.29, 0.717) is 0 Å². The first-order valence-corrected chi connectivity index (χ1v) is 5.50. The summed E-state index contributed by atoms with van der Waals surface area (Å²) in [5.41, 5.74) is 3.69. The Morgan fingerprint density at radius 2 is 1.86 bits per heavy atom. The molecule has 1 nitrogen and oxygen atoms in total. The third kappa shape index (κ3) is 1.03. The highest BCUT2D eigenvalue weighted by atomic mass is 35.5. The lowest BCUT2D eigenvalue weighted by atomic mass is 10.1. The van der Waals surface area contributed by atoms with E-state index in [4.69, 9.17) is 23.2 Å². The molecule has 1 aromatic heterocycles. The minimum Gasteiger partial charge on any atom is -0.357 e. The van der Waals surface area contributed by atoms with E-state index in [0.717, 1.165) is 33.8 Å². The number of rotatable bonds is 0. The van der Waals surface area contributed by atoms with E-state index < -0.39 is 0 Å². The molecular weight excluding hydrogens is 217 g/mol. The quantitative estimate of drug-likeness (QED) is 0.699. The monoisotopic (exact) mass is 225 g/mol. The van der Waals surface area contributed by atoms with E-state index in [1.165, 1.54) is 17.7 Å². The smallest absolute Gasteiger partial charge is 0.0663 e. The van der Waals surface area contributed by atoms with Gasteiger partial charge in [0.1, 0.15) is 0 Å². The molecule has 0 fully saturated rings. The highest BCUT2D eigenvalue weighted by Crippen LogP contribution is 2.37. The SMILES string of the molecule is Clc1ccc(Cl)c2c3c([nH]c12)CCC3. The van der Waals surface area contributed by atoms with Crippen LogP contribution >= 0.6 is 23.2 Å². The third-order valence-electron chi connectivity index (χ3n) is 2.90. The molecule has 0 saturated heterocycles. The van der Waals surface area contributed by atoms with Crippen molar-refractivity contribution in [1.82, 2.24) is 4.98 Å². The molecule has 1 aliphatic carbocycles. The first-order valence-electron chi connectivity index (χ1n) is 4.75. The average molecular weight is 226 g/mol. The minimum atomic E-state index is 0.763. The topological polar surface area (TPSA) is 15.8 Å². The second kappa shape index (κ2) is 2.91. The van der Waals surface area contributed by atoms with Crippen LogP contribution in [-0.2, 0) is 12.8 Å². The first kappa shape index (κ1) is 8.63. The van der Waals surface area contributed by atoms with Gasteiger partial charge in [0, 0.05) is 11.1 Å². The van der Waals surface area contributed by atoms with Gasteiger partial charge in [-0.2, -0.15) is 0 Å². The fraction of sp³-hybridized carbons (Fsp3) is 0.273. The van der Waals surface area contributed by atoms with Crippen LogP contribution in [-0.4, -0.2) is 4.98 Å². The number of nitrogens with one attached hydrogen (secondary N) is 1. The molecule has 0 radical (unpaired) electrons. The molecule has 0 bridgehead atoms. The largest absolute Gasteiger partial charge is 0.357 e. The maximum atomic E-state index is 6.18. The fourth-order valence-corrected chi connectivity index (χ4v) is 2.75. The molecular formula is C11H9Cl2N. The summed E-state index contributed by atoms with van der Waals surface area (Å²) in [7, 11) is 0. The minimum absolute atomic E-state index is 0.763. The molecule has 14 heavy (non-hydrogen) atoms. The van der Waals surface area contributed by atoms with Crippen LogP contribution in [0.4, 0.5) is 0 Å². The molecule has 1 aliphatic rings. The Bertz CT molecular complexity index is 513. The number of halogens is 2. The Morgan fingerprint density at radius 3 is 2.71 bits per heavy atom. The van der Waals surface area contributed by atoms with Crippen molar-refractivity contribution < 1.29 is 0 Å². The van der Waals surface area contributed by atoms with Gasteiger partial charge in [0.25, 0.3) is 0 Å². The van der Waals surface area contributed by atoms with E-state index in [1.807, 2.05) is 12.1 Å². The van der Waals surface area contributed by atoms with Gasteiger partial charge < -0.3 is 4.98 Å². The third-order valence-corrected chi connectivity index (χ3v) is 3.53. The number of benzene rings is 1. The summed E-state index contributed by atoms with van der Waals surface area (Å²) in [6.45, 7) is 0. The molecule has 0 unspecified atom stereocenters. The molecule has 0 saturated carbocycles. The second-order valence-corrected chi connectivity index (χ2v) is 4.53. The van der Waals surface area contributed by atoms with Crippen molar-refractivity contribution in [2.24, 2.45) is 0 Å². The van der Waals surface area contributed by atoms with Gasteiger partial charge in [-0.15, -0.1) is 0 Å². The van der Waals surface area contributed by atoms with Crippen molar-refractivity contribution in [2.75, 3.05) is 0 Å². The Hall–Kier alpha value is -0.660. The van der Waals surface area contributed by atoms with Crippen LogP contribution in [0.1, 0.15) is 17.7 Å². The average Bonchev–Trinajstić information content (AvgIpc) is 2.70. The Kier molecular flexibility index (Phi) is 1.80. The van der Waals surface area contributed by atoms with E-state index in [9.17, 15) is 0 Å². The maximum Gasteiger partial charge on any atom is 0.0663 e. The lowest BCUT2D eigenvalue weighted by Crippen LogP contribution is -1.78. The van der Waals surface area contributed by atoms with Gasteiger partial charge in [-0.1, -0.05) is 23.2 Å². The summed E-state index contributed by atoms with van der Waals surface area (Å²) < 4.78 is 0. The van der Waals surface area contributed by atoms with Crippen molar-refractivity contribution in [1.29, 1.82) is 0 Å². The highest BCUT2D eigenvalue weighted by Gasteiger charge is 2.19. The number of aryl methyl sites for hydroxylation is 2. The van der Waals surface area contributed by atoms with E-state index in [2.05, 4.69) is 4.98 Å². The zero-order valence-corrected chi connectivity index (χ0v) is 9.04. The second-order valence-electron chi connectivity index (χ2n) is 3.71. The number of H-pyrrole nitrogens is 1. The van der Waals surface area contributed by atoms with Crippen LogP contribution in [0.5, 0.6) is 0 Å². The number of hydrogen-bond donors (Lipinski definition) is 1. The fourth-order valence-electron chi connectivity index (χ4n) is 2.28. The molecule has 1 aromatic carbocycles. The molecule has 1 N–H and O–H groups in total. The molecule has 3 rings (SSSR count). The summed E-state index contributed by atoms with van der Waals surface area (Å²) in [4.78, 5) is 3.37. The van der Waals surface area contributed by atoms with Crippen LogP contribution in [0.25, 0.3) is 10.9 Å². The molecule has 0 atom stereocenters. The summed E-state index contributed by atoms with van der Waals surface area (Å²) in [6.07, 6.45) is 3.46. The summed E-state index contributed by atoms with van der Waals surface area (Å²) in [5.74, 6) is 0. The molecule has 0 aliphatic heterocycles. The van der Waals surface area contributed by atoms with Gasteiger partial charge in [0.05, 0.1) is 15.6 Å². The van der Waals surface area contributed by atoms with E-state index in [1.54, 1.807) is 0 Å². The Labute approximate surface area is 92.0 Å². The van der Waals surface area contributed by atoms with Crippen molar-refractivity contribution in [3.63, 3.8) is 0 Å². The number of hydrogen-bond acceptors (Lipinski definition) is 0. The number of aromatic amines is 1. The van der Waals surface area contributed by atoms with Crippen LogP contribution in [0.15, 0.2) is 12.1 Å². The summed E-state index contributed by atoms with van der Waals surface area (Å²) in [6, 6.07) is 3.72. The van der Waals surface area contributed by atoms with Crippen molar-refractivity contribution in [2.45, 2.75) is 19.3 Å².